The molecule has 0 unspecified atom stereocenters. The van der Waals surface area contributed by atoms with Gasteiger partial charge >= 0.3 is 0 Å². The topological polar surface area (TPSA) is 46.5 Å². The Balaban J connectivity index is 2.04. The van der Waals surface area contributed by atoms with E-state index in [1.165, 1.54) is 24.3 Å². The van der Waals surface area contributed by atoms with Gasteiger partial charge in [-0.3, -0.25) is 4.79 Å². The van der Waals surface area contributed by atoms with Crippen LogP contribution < -0.4 is 4.74 Å². The molecule has 1 N–H and O–H groups in total. The molecule has 0 spiro atoms. The summed E-state index contributed by atoms with van der Waals surface area (Å²) in [6.07, 6.45) is 1.46. The molecule has 3 nitrogen and oxygen atoms in total. The van der Waals surface area contributed by atoms with Gasteiger partial charge in [-0.1, -0.05) is 12.1 Å². The first-order chi connectivity index (χ1) is 9.54. The van der Waals surface area contributed by atoms with Crippen LogP contribution in [0.3, 0.4) is 0 Å². The number of ether oxygens (including phenoxy) is 1. The van der Waals surface area contributed by atoms with Crippen LogP contribution in [-0.2, 0) is 0 Å². The van der Waals surface area contributed by atoms with E-state index in [0.29, 0.717) is 11.3 Å². The lowest BCUT2D eigenvalue weighted by Crippen LogP contribution is -1.98. The predicted molar refractivity (Wildman–Crippen MR) is 72.2 cm³/mol. The Morgan fingerprint density at radius 1 is 1.25 bits per heavy atom. The molecule has 100 valence electrons. The van der Waals surface area contributed by atoms with Gasteiger partial charge < -0.3 is 9.84 Å². The van der Waals surface area contributed by atoms with Crippen molar-refractivity contribution in [1.82, 2.24) is 0 Å². The maximum absolute atomic E-state index is 13.1. The number of rotatable bonds is 1. The third-order valence-corrected chi connectivity index (χ3v) is 3.04. The van der Waals surface area contributed by atoms with E-state index >= 15 is 0 Å². The lowest BCUT2D eigenvalue weighted by molar-refractivity contribution is 0.101. The normalized spacial score (nSPS) is 15.3. The van der Waals surface area contributed by atoms with Gasteiger partial charge in [0.2, 0.25) is 5.78 Å². The Morgan fingerprint density at radius 3 is 2.80 bits per heavy atom. The molecule has 0 atom stereocenters. The number of allylic oxidation sites excluding steroid dienone is 1. The summed E-state index contributed by atoms with van der Waals surface area (Å²) in [4.78, 5) is 12.2. The van der Waals surface area contributed by atoms with Gasteiger partial charge in [-0.25, -0.2) is 4.39 Å². The van der Waals surface area contributed by atoms with E-state index in [0.717, 1.165) is 5.56 Å². The zero-order valence-corrected chi connectivity index (χ0v) is 10.7. The highest BCUT2D eigenvalue weighted by Crippen LogP contribution is 2.38. The second kappa shape index (κ2) is 4.49. The SMILES string of the molecule is Cc1cc(O)c2c(c1)O/C(=C\c1cccc(F)c1)C2=O. The second-order valence-corrected chi connectivity index (χ2v) is 4.65. The van der Waals surface area contributed by atoms with E-state index in [4.69, 9.17) is 4.74 Å². The molecular weight excluding hydrogens is 259 g/mol. The van der Waals surface area contributed by atoms with Crippen LogP contribution in [0.15, 0.2) is 42.2 Å². The number of phenols is 1. The van der Waals surface area contributed by atoms with E-state index in [1.807, 2.05) is 0 Å². The Kier molecular flexibility index (Phi) is 2.79. The highest BCUT2D eigenvalue weighted by atomic mass is 19.1. The van der Waals surface area contributed by atoms with Gasteiger partial charge in [0.25, 0.3) is 0 Å². The number of carbonyl (C=O) groups excluding carboxylic acids is 1. The summed E-state index contributed by atoms with van der Waals surface area (Å²) in [5.41, 5.74) is 1.47. The fraction of sp³-hybridized carbons (Fsp3) is 0.0625. The molecule has 1 heterocycles. The number of hydrogen-bond acceptors (Lipinski definition) is 3. The van der Waals surface area contributed by atoms with Crippen LogP contribution in [0.4, 0.5) is 4.39 Å². The quantitative estimate of drug-likeness (QED) is 0.807. The van der Waals surface area contributed by atoms with Crippen LogP contribution in [0.25, 0.3) is 6.08 Å². The van der Waals surface area contributed by atoms with E-state index in [-0.39, 0.29) is 22.9 Å². The molecule has 1 aliphatic rings. The number of Topliss-reactive ketones (excluding diaryl/α,β-unsaturated/α-hetero) is 1. The Labute approximate surface area is 114 Å². The molecular formula is C16H11FO3. The number of phenolic OH excluding ortho intramolecular Hbond substituents is 1. The average Bonchev–Trinajstić information content (AvgIpc) is 2.66. The zero-order valence-electron chi connectivity index (χ0n) is 10.7. The van der Waals surface area contributed by atoms with E-state index in [1.54, 1.807) is 25.1 Å². The Morgan fingerprint density at radius 2 is 2.05 bits per heavy atom. The lowest BCUT2D eigenvalue weighted by Gasteiger charge is -2.00. The van der Waals surface area contributed by atoms with Crippen molar-refractivity contribution in [1.29, 1.82) is 0 Å². The molecule has 2 aromatic rings. The summed E-state index contributed by atoms with van der Waals surface area (Å²) in [5.74, 6) is -0.489. The molecule has 0 saturated heterocycles. The number of benzene rings is 2. The number of carbonyl (C=O) groups is 1. The van der Waals surface area contributed by atoms with Gasteiger partial charge in [-0.05, 0) is 48.4 Å². The van der Waals surface area contributed by atoms with Gasteiger partial charge in [-0.2, -0.15) is 0 Å². The molecule has 20 heavy (non-hydrogen) atoms. The van der Waals surface area contributed by atoms with Crippen LogP contribution in [-0.4, -0.2) is 10.9 Å². The molecule has 0 fully saturated rings. The van der Waals surface area contributed by atoms with Crippen molar-refractivity contribution >= 4 is 11.9 Å². The molecule has 0 amide bonds. The zero-order chi connectivity index (χ0) is 14.3. The molecule has 0 bridgehead atoms. The fourth-order valence-electron chi connectivity index (χ4n) is 2.17. The van der Waals surface area contributed by atoms with Crippen molar-refractivity contribution in [3.8, 4) is 11.5 Å². The van der Waals surface area contributed by atoms with Gasteiger partial charge in [0, 0.05) is 0 Å². The highest BCUT2D eigenvalue weighted by Gasteiger charge is 2.30. The van der Waals surface area contributed by atoms with Crippen molar-refractivity contribution < 1.29 is 19.0 Å². The van der Waals surface area contributed by atoms with Gasteiger partial charge in [0.15, 0.2) is 5.76 Å². The first-order valence-electron chi connectivity index (χ1n) is 6.08. The minimum atomic E-state index is -0.401. The van der Waals surface area contributed by atoms with Crippen LogP contribution >= 0.6 is 0 Å². The molecule has 0 radical (unpaired) electrons. The number of aryl methyl sites for hydroxylation is 1. The van der Waals surface area contributed by atoms with Crippen molar-refractivity contribution in [3.05, 3.63) is 64.7 Å². The molecule has 4 heteroatoms. The van der Waals surface area contributed by atoms with Crippen LogP contribution in [0, 0.1) is 12.7 Å². The molecule has 1 aliphatic heterocycles. The summed E-state index contributed by atoms with van der Waals surface area (Å²) < 4.78 is 18.6. The highest BCUT2D eigenvalue weighted by molar-refractivity contribution is 6.16. The molecule has 0 aliphatic carbocycles. The first kappa shape index (κ1) is 12.4. The van der Waals surface area contributed by atoms with E-state index in [9.17, 15) is 14.3 Å². The van der Waals surface area contributed by atoms with Crippen LogP contribution in [0.5, 0.6) is 11.5 Å². The fourth-order valence-corrected chi connectivity index (χ4v) is 2.17. The van der Waals surface area contributed by atoms with Crippen LogP contribution in [0.2, 0.25) is 0 Å². The maximum Gasteiger partial charge on any atom is 0.235 e. The second-order valence-electron chi connectivity index (χ2n) is 4.65. The molecule has 0 aromatic heterocycles. The van der Waals surface area contributed by atoms with Crippen LogP contribution in [0.1, 0.15) is 21.5 Å². The third kappa shape index (κ3) is 2.05. The average molecular weight is 270 g/mol. The number of aromatic hydroxyl groups is 1. The van der Waals surface area contributed by atoms with Crippen molar-refractivity contribution in [2.75, 3.05) is 0 Å². The molecule has 2 aromatic carbocycles. The minimum Gasteiger partial charge on any atom is -0.507 e. The van der Waals surface area contributed by atoms with Crippen molar-refractivity contribution in [2.45, 2.75) is 6.92 Å². The maximum atomic E-state index is 13.1. The number of ketones is 1. The summed E-state index contributed by atoms with van der Waals surface area (Å²) in [5, 5.41) is 9.82. The third-order valence-electron chi connectivity index (χ3n) is 3.04. The van der Waals surface area contributed by atoms with Gasteiger partial charge in [-0.15, -0.1) is 0 Å². The number of hydrogen-bond donors (Lipinski definition) is 1. The summed E-state index contributed by atoms with van der Waals surface area (Å²) in [7, 11) is 0. The minimum absolute atomic E-state index is 0.0755. The number of fused-ring (bicyclic) bond motifs is 1. The van der Waals surface area contributed by atoms with Gasteiger partial charge in [0.05, 0.1) is 0 Å². The smallest absolute Gasteiger partial charge is 0.235 e. The summed E-state index contributed by atoms with van der Waals surface area (Å²) in [6, 6.07) is 9.03. The van der Waals surface area contributed by atoms with E-state index in [2.05, 4.69) is 0 Å². The standard InChI is InChI=1S/C16H11FO3/c1-9-5-12(18)15-13(6-9)20-14(16(15)19)8-10-3-2-4-11(17)7-10/h2-8,18H,1H3/b14-8-. The predicted octanol–water partition coefficient (Wildman–Crippen LogP) is 3.46. The largest absolute Gasteiger partial charge is 0.507 e. The first-order valence-corrected chi connectivity index (χ1v) is 6.08. The van der Waals surface area contributed by atoms with Gasteiger partial charge in [0.1, 0.15) is 22.9 Å². The van der Waals surface area contributed by atoms with E-state index < -0.39 is 5.78 Å². The van der Waals surface area contributed by atoms with Crippen molar-refractivity contribution in [2.24, 2.45) is 0 Å². The molecule has 0 saturated carbocycles. The Bertz CT molecular complexity index is 747. The monoisotopic (exact) mass is 270 g/mol. The summed E-state index contributed by atoms with van der Waals surface area (Å²) >= 11 is 0. The molecule has 3 rings (SSSR count). The lowest BCUT2D eigenvalue weighted by atomic mass is 10.1. The Hall–Kier alpha value is -2.62. The van der Waals surface area contributed by atoms with Crippen molar-refractivity contribution in [3.63, 3.8) is 0 Å². The number of halogens is 1. The summed E-state index contributed by atoms with van der Waals surface area (Å²) in [6.45, 7) is 1.79.